The monoisotopic (exact) mass is 221 g/mol. The van der Waals surface area contributed by atoms with Gasteiger partial charge in [-0.3, -0.25) is 0 Å². The van der Waals surface area contributed by atoms with Gasteiger partial charge in [-0.25, -0.2) is 4.98 Å². The fraction of sp³-hybridized carbons (Fsp3) is 0.500. The van der Waals surface area contributed by atoms with Crippen molar-refractivity contribution in [3.8, 4) is 11.6 Å². The number of nitrogens with two attached hydrogens (primary N) is 1. The summed E-state index contributed by atoms with van der Waals surface area (Å²) in [5.74, 6) is 1.99. The highest BCUT2D eigenvalue weighted by Crippen LogP contribution is 2.19. The molecule has 0 fully saturated rings. The molecule has 6 heteroatoms. The van der Waals surface area contributed by atoms with Gasteiger partial charge in [0.15, 0.2) is 5.82 Å². The van der Waals surface area contributed by atoms with Crippen LogP contribution in [0, 0.1) is 5.92 Å². The minimum Gasteiger partial charge on any atom is -0.342 e. The second kappa shape index (κ2) is 4.44. The number of hydrogen-bond acceptors (Lipinski definition) is 5. The van der Waals surface area contributed by atoms with Crippen LogP contribution in [0.1, 0.15) is 32.2 Å². The molecule has 0 aliphatic carbocycles. The summed E-state index contributed by atoms with van der Waals surface area (Å²) in [5.41, 5.74) is 5.94. The molecule has 0 saturated heterocycles. The van der Waals surface area contributed by atoms with Gasteiger partial charge in [-0.05, 0) is 12.3 Å². The van der Waals surface area contributed by atoms with E-state index in [0.717, 1.165) is 6.42 Å². The van der Waals surface area contributed by atoms with Crippen LogP contribution in [0.5, 0.6) is 0 Å². The van der Waals surface area contributed by atoms with Gasteiger partial charge in [0.2, 0.25) is 11.7 Å². The molecule has 0 radical (unpaired) electrons. The summed E-state index contributed by atoms with van der Waals surface area (Å²) in [4.78, 5) is 11.2. The summed E-state index contributed by atoms with van der Waals surface area (Å²) < 4.78 is 5.11. The molecule has 2 aromatic heterocycles. The van der Waals surface area contributed by atoms with Crippen molar-refractivity contribution in [2.75, 3.05) is 0 Å². The Morgan fingerprint density at radius 1 is 1.50 bits per heavy atom. The van der Waals surface area contributed by atoms with Crippen LogP contribution in [0.3, 0.4) is 0 Å². The number of rotatable bonds is 4. The molecule has 2 aromatic rings. The zero-order valence-electron chi connectivity index (χ0n) is 9.34. The highest BCUT2D eigenvalue weighted by molar-refractivity contribution is 5.40. The maximum Gasteiger partial charge on any atom is 0.243 e. The molecule has 2 heterocycles. The Morgan fingerprint density at radius 3 is 2.94 bits per heavy atom. The third kappa shape index (κ3) is 2.27. The van der Waals surface area contributed by atoms with Crippen molar-refractivity contribution >= 4 is 0 Å². The van der Waals surface area contributed by atoms with Gasteiger partial charge >= 0.3 is 0 Å². The SMILES string of the molecule is CC(C)C[C@@H](N)c1nc(-c2ncc[nH]2)no1. The predicted octanol–water partition coefficient (Wildman–Crippen LogP) is 1.51. The van der Waals surface area contributed by atoms with Crippen LogP contribution in [0.25, 0.3) is 11.6 Å². The lowest BCUT2D eigenvalue weighted by Crippen LogP contribution is -2.13. The second-order valence-electron chi connectivity index (χ2n) is 4.13. The molecule has 0 unspecified atom stereocenters. The standard InChI is InChI=1S/C10H15N5O/c1-6(2)5-7(11)10-14-9(15-16-10)8-12-3-4-13-8/h3-4,6-7H,5,11H2,1-2H3,(H,12,13)/t7-/m1/s1. The molecular formula is C10H15N5O. The quantitative estimate of drug-likeness (QED) is 0.816. The van der Waals surface area contributed by atoms with Crippen LogP contribution in [0.15, 0.2) is 16.9 Å². The highest BCUT2D eigenvalue weighted by Gasteiger charge is 2.17. The van der Waals surface area contributed by atoms with Gasteiger partial charge in [0.25, 0.3) is 0 Å². The number of aromatic nitrogens is 4. The Hall–Kier alpha value is -1.69. The predicted molar refractivity (Wildman–Crippen MR) is 58.3 cm³/mol. The van der Waals surface area contributed by atoms with E-state index in [1.54, 1.807) is 12.4 Å². The average molecular weight is 221 g/mol. The number of nitrogens with zero attached hydrogens (tertiary/aromatic N) is 3. The molecule has 0 spiro atoms. The van der Waals surface area contributed by atoms with Crippen LogP contribution in [-0.2, 0) is 0 Å². The molecule has 0 bridgehead atoms. The van der Waals surface area contributed by atoms with Crippen molar-refractivity contribution in [2.24, 2.45) is 11.7 Å². The fourth-order valence-electron chi connectivity index (χ4n) is 1.48. The lowest BCUT2D eigenvalue weighted by atomic mass is 10.0. The van der Waals surface area contributed by atoms with Crippen molar-refractivity contribution in [1.82, 2.24) is 20.1 Å². The van der Waals surface area contributed by atoms with Gasteiger partial charge in [-0.2, -0.15) is 4.98 Å². The average Bonchev–Trinajstić information content (AvgIpc) is 2.87. The molecule has 0 aliphatic rings. The number of nitrogens with one attached hydrogen (secondary N) is 1. The smallest absolute Gasteiger partial charge is 0.243 e. The van der Waals surface area contributed by atoms with Crippen LogP contribution in [0.4, 0.5) is 0 Å². The van der Waals surface area contributed by atoms with Crippen LogP contribution < -0.4 is 5.73 Å². The van der Waals surface area contributed by atoms with Crippen molar-refractivity contribution in [3.63, 3.8) is 0 Å². The number of imidazole rings is 1. The minimum absolute atomic E-state index is 0.212. The fourth-order valence-corrected chi connectivity index (χ4v) is 1.48. The second-order valence-corrected chi connectivity index (χ2v) is 4.13. The Bertz CT molecular complexity index is 434. The van der Waals surface area contributed by atoms with Crippen molar-refractivity contribution < 1.29 is 4.52 Å². The Kier molecular flexibility index (Phi) is 3.00. The first-order chi connectivity index (χ1) is 7.66. The molecule has 3 N–H and O–H groups in total. The van der Waals surface area contributed by atoms with Gasteiger partial charge in [0, 0.05) is 12.4 Å². The minimum atomic E-state index is -0.212. The first kappa shape index (κ1) is 10.8. The first-order valence-corrected chi connectivity index (χ1v) is 5.25. The van der Waals surface area contributed by atoms with Gasteiger partial charge in [0.1, 0.15) is 0 Å². The Labute approximate surface area is 93.3 Å². The van der Waals surface area contributed by atoms with E-state index in [4.69, 9.17) is 10.3 Å². The summed E-state index contributed by atoms with van der Waals surface area (Å²) in [6.45, 7) is 4.20. The zero-order chi connectivity index (χ0) is 11.5. The molecule has 0 saturated carbocycles. The summed E-state index contributed by atoms with van der Waals surface area (Å²) in [7, 11) is 0. The summed E-state index contributed by atoms with van der Waals surface area (Å²) >= 11 is 0. The van der Waals surface area contributed by atoms with E-state index in [1.165, 1.54) is 0 Å². The summed E-state index contributed by atoms with van der Waals surface area (Å²) in [6, 6.07) is -0.212. The van der Waals surface area contributed by atoms with Crippen molar-refractivity contribution in [3.05, 3.63) is 18.3 Å². The van der Waals surface area contributed by atoms with E-state index in [9.17, 15) is 0 Å². The molecule has 16 heavy (non-hydrogen) atoms. The normalized spacial score (nSPS) is 13.2. The van der Waals surface area contributed by atoms with E-state index in [0.29, 0.717) is 23.5 Å². The maximum atomic E-state index is 5.94. The molecule has 0 amide bonds. The van der Waals surface area contributed by atoms with E-state index in [2.05, 4.69) is 34.0 Å². The molecule has 0 aliphatic heterocycles. The lowest BCUT2D eigenvalue weighted by Gasteiger charge is -2.08. The Morgan fingerprint density at radius 2 is 2.31 bits per heavy atom. The third-order valence-electron chi connectivity index (χ3n) is 2.19. The van der Waals surface area contributed by atoms with E-state index >= 15 is 0 Å². The molecule has 86 valence electrons. The number of H-pyrrole nitrogens is 1. The van der Waals surface area contributed by atoms with E-state index < -0.39 is 0 Å². The molecular weight excluding hydrogens is 206 g/mol. The third-order valence-corrected chi connectivity index (χ3v) is 2.19. The first-order valence-electron chi connectivity index (χ1n) is 5.25. The van der Waals surface area contributed by atoms with Gasteiger partial charge in [-0.1, -0.05) is 19.0 Å². The van der Waals surface area contributed by atoms with Gasteiger partial charge in [-0.15, -0.1) is 0 Å². The van der Waals surface area contributed by atoms with Crippen LogP contribution in [-0.4, -0.2) is 20.1 Å². The largest absolute Gasteiger partial charge is 0.342 e. The number of aromatic amines is 1. The topological polar surface area (TPSA) is 93.6 Å². The van der Waals surface area contributed by atoms with Gasteiger partial charge < -0.3 is 15.2 Å². The van der Waals surface area contributed by atoms with E-state index in [1.807, 2.05) is 0 Å². The molecule has 6 nitrogen and oxygen atoms in total. The maximum absolute atomic E-state index is 5.94. The molecule has 1 atom stereocenters. The van der Waals surface area contributed by atoms with Crippen molar-refractivity contribution in [1.29, 1.82) is 0 Å². The number of hydrogen-bond donors (Lipinski definition) is 2. The molecule has 2 rings (SSSR count). The van der Waals surface area contributed by atoms with Crippen LogP contribution >= 0.6 is 0 Å². The lowest BCUT2D eigenvalue weighted by molar-refractivity contribution is 0.335. The summed E-state index contributed by atoms with van der Waals surface area (Å²) in [5, 5.41) is 3.83. The summed E-state index contributed by atoms with van der Waals surface area (Å²) in [6.07, 6.45) is 4.17. The van der Waals surface area contributed by atoms with Crippen LogP contribution in [0.2, 0.25) is 0 Å². The Balaban J connectivity index is 2.13. The van der Waals surface area contributed by atoms with Gasteiger partial charge in [0.05, 0.1) is 6.04 Å². The van der Waals surface area contributed by atoms with Crippen molar-refractivity contribution in [2.45, 2.75) is 26.3 Å². The highest BCUT2D eigenvalue weighted by atomic mass is 16.5. The molecule has 0 aromatic carbocycles. The zero-order valence-corrected chi connectivity index (χ0v) is 9.34. The van der Waals surface area contributed by atoms with E-state index in [-0.39, 0.29) is 6.04 Å².